The van der Waals surface area contributed by atoms with Crippen LogP contribution in [0.3, 0.4) is 0 Å². The van der Waals surface area contributed by atoms with Crippen LogP contribution < -0.4 is 10.5 Å². The lowest BCUT2D eigenvalue weighted by Crippen LogP contribution is -2.46. The van der Waals surface area contributed by atoms with Crippen LogP contribution in [0.5, 0.6) is 5.75 Å². The van der Waals surface area contributed by atoms with E-state index in [0.717, 1.165) is 12.8 Å². The van der Waals surface area contributed by atoms with Crippen molar-refractivity contribution in [2.24, 2.45) is 11.7 Å². The van der Waals surface area contributed by atoms with Crippen molar-refractivity contribution < 1.29 is 9.13 Å². The van der Waals surface area contributed by atoms with Crippen LogP contribution in [0.25, 0.3) is 0 Å². The Hall–Kier alpha value is -1.60. The maximum atomic E-state index is 12.9. The quantitative estimate of drug-likeness (QED) is 0.868. The van der Waals surface area contributed by atoms with Gasteiger partial charge in [-0.15, -0.1) is 0 Å². The van der Waals surface area contributed by atoms with Gasteiger partial charge in [-0.25, -0.2) is 4.39 Å². The molecule has 0 radical (unpaired) electrons. The normalized spacial score (nSPS) is 18.2. The van der Waals surface area contributed by atoms with Crippen molar-refractivity contribution in [3.05, 3.63) is 29.6 Å². The molecule has 4 heteroatoms. The Bertz CT molecular complexity index is 465. The molecule has 1 aromatic carbocycles. The van der Waals surface area contributed by atoms with Crippen LogP contribution >= 0.6 is 0 Å². The number of nitriles is 1. The molecule has 2 rings (SSSR count). The van der Waals surface area contributed by atoms with Gasteiger partial charge in [0.2, 0.25) is 0 Å². The van der Waals surface area contributed by atoms with E-state index in [1.165, 1.54) is 12.1 Å². The van der Waals surface area contributed by atoms with E-state index in [4.69, 9.17) is 15.7 Å². The predicted molar refractivity (Wildman–Crippen MR) is 61.9 cm³/mol. The molecule has 0 saturated heterocycles. The Morgan fingerprint density at radius 2 is 2.29 bits per heavy atom. The summed E-state index contributed by atoms with van der Waals surface area (Å²) in [4.78, 5) is 0. The highest BCUT2D eigenvalue weighted by molar-refractivity contribution is 5.33. The van der Waals surface area contributed by atoms with Crippen LogP contribution in [-0.4, -0.2) is 12.1 Å². The summed E-state index contributed by atoms with van der Waals surface area (Å²) in [6.07, 6.45) is 1.96. The summed E-state index contributed by atoms with van der Waals surface area (Å²) in [5.41, 5.74) is 5.76. The third-order valence-corrected chi connectivity index (χ3v) is 3.12. The van der Waals surface area contributed by atoms with Crippen LogP contribution in [0.2, 0.25) is 0 Å². The molecule has 1 fully saturated rings. The van der Waals surface area contributed by atoms with E-state index >= 15 is 0 Å². The molecule has 1 aliphatic carbocycles. The predicted octanol–water partition coefficient (Wildman–Crippen LogP) is 2.14. The van der Waals surface area contributed by atoms with Gasteiger partial charge < -0.3 is 10.5 Å². The van der Waals surface area contributed by atoms with Gasteiger partial charge in [0.25, 0.3) is 0 Å². The second-order valence-electron chi connectivity index (χ2n) is 4.62. The Balaban J connectivity index is 2.04. The average molecular weight is 234 g/mol. The van der Waals surface area contributed by atoms with E-state index in [1.54, 1.807) is 13.0 Å². The van der Waals surface area contributed by atoms with Gasteiger partial charge in [0.05, 0.1) is 6.07 Å². The molecule has 1 aliphatic rings. The molecular formula is C13H15FN2O. The minimum atomic E-state index is -0.916. The van der Waals surface area contributed by atoms with Gasteiger partial charge in [-0.1, -0.05) is 0 Å². The zero-order valence-electron chi connectivity index (χ0n) is 9.74. The number of aryl methyl sites for hydroxylation is 1. The summed E-state index contributed by atoms with van der Waals surface area (Å²) >= 11 is 0. The molecular weight excluding hydrogens is 219 g/mol. The Kier molecular flexibility index (Phi) is 3.03. The van der Waals surface area contributed by atoms with Gasteiger partial charge >= 0.3 is 0 Å². The lowest BCUT2D eigenvalue weighted by atomic mass is 9.98. The van der Waals surface area contributed by atoms with E-state index in [0.29, 0.717) is 11.3 Å². The second-order valence-corrected chi connectivity index (χ2v) is 4.62. The Labute approximate surface area is 100.0 Å². The average Bonchev–Trinajstić information content (AvgIpc) is 3.11. The van der Waals surface area contributed by atoms with E-state index in [2.05, 4.69) is 6.07 Å². The van der Waals surface area contributed by atoms with Gasteiger partial charge in [-0.05, 0) is 49.4 Å². The Morgan fingerprint density at radius 3 is 2.82 bits per heavy atom. The molecule has 90 valence electrons. The van der Waals surface area contributed by atoms with Gasteiger partial charge in [-0.3, -0.25) is 0 Å². The summed E-state index contributed by atoms with van der Waals surface area (Å²) in [5, 5.41) is 9.07. The lowest BCUT2D eigenvalue weighted by Gasteiger charge is -2.21. The molecule has 1 saturated carbocycles. The topological polar surface area (TPSA) is 59.0 Å². The van der Waals surface area contributed by atoms with Crippen molar-refractivity contribution in [3.8, 4) is 11.8 Å². The molecule has 1 atom stereocenters. The SMILES string of the molecule is Cc1cc(F)ccc1OCC(N)(C#N)C1CC1. The first-order chi connectivity index (χ1) is 8.05. The number of ether oxygens (including phenoxy) is 1. The van der Waals surface area contributed by atoms with Crippen LogP contribution in [0.1, 0.15) is 18.4 Å². The minimum Gasteiger partial charge on any atom is -0.490 e. The molecule has 0 bridgehead atoms. The van der Waals surface area contributed by atoms with Crippen molar-refractivity contribution in [1.82, 2.24) is 0 Å². The summed E-state index contributed by atoms with van der Waals surface area (Å²) in [7, 11) is 0. The largest absolute Gasteiger partial charge is 0.490 e. The zero-order valence-corrected chi connectivity index (χ0v) is 9.74. The number of hydrogen-bond donors (Lipinski definition) is 1. The maximum absolute atomic E-state index is 12.9. The first-order valence-electron chi connectivity index (χ1n) is 5.64. The first kappa shape index (κ1) is 11.9. The first-order valence-corrected chi connectivity index (χ1v) is 5.64. The molecule has 0 amide bonds. The number of halogens is 1. The molecule has 17 heavy (non-hydrogen) atoms. The summed E-state index contributed by atoms with van der Waals surface area (Å²) in [6, 6.07) is 6.42. The third-order valence-electron chi connectivity index (χ3n) is 3.12. The second kappa shape index (κ2) is 4.34. The molecule has 0 spiro atoms. The number of nitrogens with zero attached hydrogens (tertiary/aromatic N) is 1. The molecule has 0 aliphatic heterocycles. The van der Waals surface area contributed by atoms with Gasteiger partial charge in [0.1, 0.15) is 23.7 Å². The number of nitrogens with two attached hydrogens (primary N) is 1. The summed E-state index contributed by atoms with van der Waals surface area (Å²) in [5.74, 6) is 0.515. The fraction of sp³-hybridized carbons (Fsp3) is 0.462. The smallest absolute Gasteiger partial charge is 0.141 e. The third kappa shape index (κ3) is 2.56. The van der Waals surface area contributed by atoms with E-state index in [9.17, 15) is 4.39 Å². The van der Waals surface area contributed by atoms with Crippen LogP contribution in [0.4, 0.5) is 4.39 Å². The van der Waals surface area contributed by atoms with Crippen molar-refractivity contribution in [1.29, 1.82) is 5.26 Å². The minimum absolute atomic E-state index is 0.153. The molecule has 1 unspecified atom stereocenters. The molecule has 0 aromatic heterocycles. The van der Waals surface area contributed by atoms with Crippen LogP contribution in [0, 0.1) is 30.0 Å². The maximum Gasteiger partial charge on any atom is 0.141 e. The van der Waals surface area contributed by atoms with E-state index < -0.39 is 5.54 Å². The molecule has 3 nitrogen and oxygen atoms in total. The van der Waals surface area contributed by atoms with Gasteiger partial charge in [0.15, 0.2) is 0 Å². The van der Waals surface area contributed by atoms with Crippen molar-refractivity contribution in [2.45, 2.75) is 25.3 Å². The fourth-order valence-corrected chi connectivity index (χ4v) is 1.81. The molecule has 2 N–H and O–H groups in total. The van der Waals surface area contributed by atoms with Crippen molar-refractivity contribution >= 4 is 0 Å². The summed E-state index contributed by atoms with van der Waals surface area (Å²) < 4.78 is 18.4. The highest BCUT2D eigenvalue weighted by atomic mass is 19.1. The van der Waals surface area contributed by atoms with Crippen molar-refractivity contribution in [2.75, 3.05) is 6.61 Å². The standard InChI is InChI=1S/C13H15FN2O/c1-9-6-11(14)4-5-12(9)17-8-13(16,7-15)10-2-3-10/h4-6,10H,2-3,8,16H2,1H3. The van der Waals surface area contributed by atoms with Crippen LogP contribution in [0.15, 0.2) is 18.2 Å². The van der Waals surface area contributed by atoms with Crippen molar-refractivity contribution in [3.63, 3.8) is 0 Å². The highest BCUT2D eigenvalue weighted by Crippen LogP contribution is 2.38. The van der Waals surface area contributed by atoms with E-state index in [-0.39, 0.29) is 18.3 Å². The van der Waals surface area contributed by atoms with Gasteiger partial charge in [0, 0.05) is 0 Å². The number of hydrogen-bond acceptors (Lipinski definition) is 3. The van der Waals surface area contributed by atoms with E-state index in [1.807, 2.05) is 0 Å². The number of benzene rings is 1. The molecule has 1 aromatic rings. The lowest BCUT2D eigenvalue weighted by molar-refractivity contribution is 0.235. The van der Waals surface area contributed by atoms with Gasteiger partial charge in [-0.2, -0.15) is 5.26 Å². The number of rotatable bonds is 4. The molecule has 0 heterocycles. The summed E-state index contributed by atoms with van der Waals surface area (Å²) in [6.45, 7) is 1.92. The monoisotopic (exact) mass is 234 g/mol. The van der Waals surface area contributed by atoms with Crippen LogP contribution in [-0.2, 0) is 0 Å². The highest BCUT2D eigenvalue weighted by Gasteiger charge is 2.43. The Morgan fingerprint density at radius 1 is 1.59 bits per heavy atom. The zero-order chi connectivity index (χ0) is 12.5. The fourth-order valence-electron chi connectivity index (χ4n) is 1.81.